The van der Waals surface area contributed by atoms with Crippen molar-refractivity contribution in [3.8, 4) is 28.3 Å². The summed E-state index contributed by atoms with van der Waals surface area (Å²) in [5.41, 5.74) is 5.01. The van der Waals surface area contributed by atoms with Gasteiger partial charge in [-0.15, -0.1) is 0 Å². The van der Waals surface area contributed by atoms with Gasteiger partial charge in [0.2, 0.25) is 11.8 Å². The molecular formula is C36H36Cl2N8O5. The van der Waals surface area contributed by atoms with E-state index < -0.39 is 11.2 Å². The molecule has 2 aromatic carbocycles. The fourth-order valence-corrected chi connectivity index (χ4v) is 7.22. The quantitative estimate of drug-likeness (QED) is 0.241. The molecule has 13 nitrogen and oxygen atoms in total. The molecule has 3 aromatic heterocycles. The summed E-state index contributed by atoms with van der Waals surface area (Å²) in [6.07, 6.45) is 3.01. The predicted molar refractivity (Wildman–Crippen MR) is 196 cm³/mol. The normalized spacial score (nSPS) is 15.8. The van der Waals surface area contributed by atoms with E-state index in [1.165, 1.54) is 17.2 Å². The van der Waals surface area contributed by atoms with Crippen molar-refractivity contribution in [2.24, 2.45) is 14.1 Å². The smallest absolute Gasteiger partial charge is 0.332 e. The number of pyridine rings is 1. The van der Waals surface area contributed by atoms with Gasteiger partial charge >= 0.3 is 5.69 Å². The average molecular weight is 732 g/mol. The molecule has 0 bridgehead atoms. The number of amides is 1. The number of hydrogen-bond acceptors (Lipinski definition) is 10. The molecule has 0 unspecified atom stereocenters. The van der Waals surface area contributed by atoms with Crippen LogP contribution in [0.2, 0.25) is 10.0 Å². The number of halogens is 2. The van der Waals surface area contributed by atoms with Gasteiger partial charge in [-0.05, 0) is 43.9 Å². The second-order valence-electron chi connectivity index (χ2n) is 12.8. The van der Waals surface area contributed by atoms with Crippen LogP contribution in [0.25, 0.3) is 33.4 Å². The van der Waals surface area contributed by atoms with Gasteiger partial charge in [-0.3, -0.25) is 18.7 Å². The number of methoxy groups -OCH3 is 1. The maximum Gasteiger partial charge on any atom is 0.332 e. The minimum absolute atomic E-state index is 0.00229. The van der Waals surface area contributed by atoms with E-state index in [-0.39, 0.29) is 35.0 Å². The van der Waals surface area contributed by atoms with Gasteiger partial charge in [0.25, 0.3) is 5.56 Å². The van der Waals surface area contributed by atoms with Crippen molar-refractivity contribution < 1.29 is 14.3 Å². The molecule has 2 aliphatic heterocycles. The second kappa shape index (κ2) is 13.7. The van der Waals surface area contributed by atoms with E-state index in [0.717, 1.165) is 59.3 Å². The lowest BCUT2D eigenvalue weighted by Crippen LogP contribution is -2.69. The monoisotopic (exact) mass is 730 g/mol. The van der Waals surface area contributed by atoms with Crippen molar-refractivity contribution in [1.82, 2.24) is 34.7 Å². The summed E-state index contributed by atoms with van der Waals surface area (Å²) in [4.78, 5) is 49.8. The third-order valence-electron chi connectivity index (χ3n) is 9.48. The Morgan fingerprint density at radius 1 is 0.922 bits per heavy atom. The number of nitrogens with zero attached hydrogens (tertiary/aromatic N) is 5. The van der Waals surface area contributed by atoms with Crippen LogP contribution in [0.5, 0.6) is 5.88 Å². The number of fused-ring (bicyclic) bond motifs is 2. The lowest BCUT2D eigenvalue weighted by Gasteiger charge is -2.44. The fourth-order valence-electron chi connectivity index (χ4n) is 6.62. The number of aryl methyl sites for hydroxylation is 3. The van der Waals surface area contributed by atoms with Gasteiger partial charge in [0.15, 0.2) is 5.65 Å². The van der Waals surface area contributed by atoms with Gasteiger partial charge in [0.05, 0.1) is 28.5 Å². The fraction of sp³-hybridized carbons (Fsp3) is 0.333. The van der Waals surface area contributed by atoms with Crippen LogP contribution >= 0.6 is 23.2 Å². The van der Waals surface area contributed by atoms with Crippen molar-refractivity contribution >= 4 is 51.6 Å². The highest BCUT2D eigenvalue weighted by Gasteiger charge is 2.41. The highest BCUT2D eigenvalue weighted by Crippen LogP contribution is 2.43. The Labute approximate surface area is 303 Å². The Morgan fingerprint density at radius 3 is 2.33 bits per heavy atom. The van der Waals surface area contributed by atoms with Crippen LogP contribution in [0.4, 0.5) is 11.5 Å². The molecular weight excluding hydrogens is 695 g/mol. The molecule has 1 spiro atoms. The summed E-state index contributed by atoms with van der Waals surface area (Å²) in [6.45, 7) is 4.32. The third-order valence-corrected chi connectivity index (χ3v) is 10.3. The molecule has 5 heterocycles. The lowest BCUT2D eigenvalue weighted by molar-refractivity contribution is -0.150. The third kappa shape index (κ3) is 6.35. The number of morpholine rings is 1. The minimum atomic E-state index is -0.508. The molecule has 1 aliphatic carbocycles. The molecule has 2 saturated heterocycles. The van der Waals surface area contributed by atoms with E-state index in [1.54, 1.807) is 27.1 Å². The van der Waals surface area contributed by atoms with Crippen molar-refractivity contribution in [1.29, 1.82) is 0 Å². The number of anilines is 2. The van der Waals surface area contributed by atoms with Gasteiger partial charge in [0.1, 0.15) is 29.2 Å². The Balaban J connectivity index is 0.000000347. The molecule has 8 rings (SSSR count). The molecule has 51 heavy (non-hydrogen) atoms. The van der Waals surface area contributed by atoms with Gasteiger partial charge in [-0.2, -0.15) is 0 Å². The van der Waals surface area contributed by atoms with Crippen molar-refractivity contribution in [2.75, 3.05) is 38.7 Å². The summed E-state index contributed by atoms with van der Waals surface area (Å²) in [5, 5.41) is 10.2. The summed E-state index contributed by atoms with van der Waals surface area (Å²) in [6, 6.07) is 13.3. The highest BCUT2D eigenvalue weighted by molar-refractivity contribution is 6.39. The molecule has 3 N–H and O–H groups in total. The molecule has 0 atom stereocenters. The Kier molecular flexibility index (Phi) is 9.31. The largest absolute Gasteiger partial charge is 0.481 e. The lowest BCUT2D eigenvalue weighted by atomic mass is 9.96. The summed E-state index contributed by atoms with van der Waals surface area (Å²) >= 11 is 14.0. The zero-order valence-electron chi connectivity index (χ0n) is 28.5. The molecule has 3 aliphatic rings. The molecule has 5 aromatic rings. The summed E-state index contributed by atoms with van der Waals surface area (Å²) < 4.78 is 13.3. The van der Waals surface area contributed by atoms with E-state index in [9.17, 15) is 14.4 Å². The van der Waals surface area contributed by atoms with Crippen LogP contribution in [-0.2, 0) is 36.5 Å². The number of ether oxygens (including phenoxy) is 2. The molecule has 1 amide bonds. The van der Waals surface area contributed by atoms with Crippen LogP contribution in [0.15, 0.2) is 52.1 Å². The van der Waals surface area contributed by atoms with Crippen LogP contribution < -0.4 is 31.9 Å². The zero-order valence-corrected chi connectivity index (χ0v) is 30.0. The maximum absolute atomic E-state index is 13.1. The van der Waals surface area contributed by atoms with E-state index in [0.29, 0.717) is 39.5 Å². The van der Waals surface area contributed by atoms with Crippen LogP contribution in [0.3, 0.4) is 0 Å². The molecule has 2 fully saturated rings. The van der Waals surface area contributed by atoms with Crippen LogP contribution in [-0.4, -0.2) is 68.9 Å². The number of carbonyl (C=O) groups is 1. The van der Waals surface area contributed by atoms with Crippen molar-refractivity contribution in [3.63, 3.8) is 0 Å². The number of nitrogens with one attached hydrogen (secondary N) is 3. The van der Waals surface area contributed by atoms with E-state index in [2.05, 4.69) is 32.0 Å². The average Bonchev–Trinajstić information content (AvgIpc) is 3.59. The molecule has 0 saturated carbocycles. The number of aromatic nitrogens is 5. The first-order chi connectivity index (χ1) is 24.5. The summed E-state index contributed by atoms with van der Waals surface area (Å²) in [7, 11) is 4.62. The predicted octanol–water partition coefficient (Wildman–Crippen LogP) is 4.09. The maximum atomic E-state index is 13.1. The van der Waals surface area contributed by atoms with E-state index in [1.807, 2.05) is 30.3 Å². The topological polar surface area (TPSA) is 154 Å². The SMILES string of the molecule is COc1nc(-c2cccc(-c3cccc(Nc4nc(C)nc5c4c(=O)n(C)c(=O)n5C)c3Cl)c2Cl)cc2c1CCC2.O=C1COC2(CNC2)CN1. The number of carbonyl (C=O) groups excluding carboxylic acids is 1. The van der Waals surface area contributed by atoms with Gasteiger partial charge in [-0.25, -0.2) is 19.7 Å². The first-order valence-corrected chi connectivity index (χ1v) is 17.2. The Morgan fingerprint density at radius 2 is 1.65 bits per heavy atom. The van der Waals surface area contributed by atoms with E-state index in [4.69, 9.17) is 37.7 Å². The number of benzene rings is 2. The van der Waals surface area contributed by atoms with Crippen LogP contribution in [0.1, 0.15) is 23.4 Å². The zero-order chi connectivity index (χ0) is 36.0. The number of rotatable bonds is 5. The first kappa shape index (κ1) is 34.6. The molecule has 264 valence electrons. The minimum Gasteiger partial charge on any atom is -0.481 e. The van der Waals surface area contributed by atoms with Crippen LogP contribution in [0, 0.1) is 6.92 Å². The van der Waals surface area contributed by atoms with Gasteiger partial charge in [-0.1, -0.05) is 53.5 Å². The van der Waals surface area contributed by atoms with E-state index >= 15 is 0 Å². The second-order valence-corrected chi connectivity index (χ2v) is 13.6. The van der Waals surface area contributed by atoms with Crippen molar-refractivity contribution in [2.45, 2.75) is 31.8 Å². The highest BCUT2D eigenvalue weighted by atomic mass is 35.5. The van der Waals surface area contributed by atoms with Gasteiger partial charge < -0.3 is 25.4 Å². The number of hydrogen-bond donors (Lipinski definition) is 3. The molecule has 15 heteroatoms. The van der Waals surface area contributed by atoms with Crippen molar-refractivity contribution in [3.05, 3.63) is 90.3 Å². The Bertz CT molecular complexity index is 2320. The van der Waals surface area contributed by atoms with Gasteiger partial charge in [0, 0.05) is 56.0 Å². The Hall–Kier alpha value is -4.82. The standard InChI is InChI=1S/C30H26Cl2N6O3.C6H10N2O2/c1-15-33-26(23-27(34-15)37(2)30(40)38(3)29(23)39)35-21-13-7-11-19(25(21)32)18-10-6-12-20(24(18)31)22-14-16-8-5-9-17(16)28(36-22)41-4;9-5-1-10-6(4-8-5)2-7-3-6/h6-7,10-14H,5,8-9H2,1-4H3,(H,33,34,35);7H,1-4H2,(H,8,9). The molecule has 0 radical (unpaired) electrons. The first-order valence-electron chi connectivity index (χ1n) is 16.5. The summed E-state index contributed by atoms with van der Waals surface area (Å²) in [5.74, 6) is 1.27.